The summed E-state index contributed by atoms with van der Waals surface area (Å²) in [6.07, 6.45) is -4.07. The van der Waals surface area contributed by atoms with Crippen molar-refractivity contribution in [1.29, 1.82) is 0 Å². The molecule has 4 rings (SSSR count). The highest BCUT2D eigenvalue weighted by atomic mass is 19.4. The van der Waals surface area contributed by atoms with Gasteiger partial charge in [-0.2, -0.15) is 13.2 Å². The fourth-order valence-electron chi connectivity index (χ4n) is 4.85. The number of aromatic nitrogens is 1. The summed E-state index contributed by atoms with van der Waals surface area (Å²) in [5.41, 5.74) is 1.61. The average Bonchev–Trinajstić information content (AvgIpc) is 3.03. The number of halogens is 3. The van der Waals surface area contributed by atoms with Crippen LogP contribution in [0.5, 0.6) is 0 Å². The third kappa shape index (κ3) is 7.60. The molecule has 2 heterocycles. The van der Waals surface area contributed by atoms with E-state index in [1.54, 1.807) is 79.8 Å². The first kappa shape index (κ1) is 33.4. The Morgan fingerprint density at radius 3 is 2.04 bits per heavy atom. The molecule has 0 spiro atoms. The lowest BCUT2D eigenvalue weighted by molar-refractivity contribution is -0.168. The molecule has 0 radical (unpaired) electrons. The van der Waals surface area contributed by atoms with Crippen LogP contribution in [0.3, 0.4) is 0 Å². The minimum atomic E-state index is -5.18. The number of esters is 1. The van der Waals surface area contributed by atoms with E-state index in [2.05, 4.69) is 15.6 Å². The van der Waals surface area contributed by atoms with Crippen LogP contribution >= 0.6 is 0 Å². The normalized spacial score (nSPS) is 17.2. The van der Waals surface area contributed by atoms with Crippen LogP contribution in [-0.4, -0.2) is 70.0 Å². The van der Waals surface area contributed by atoms with Crippen LogP contribution in [0.1, 0.15) is 42.6 Å². The van der Waals surface area contributed by atoms with Crippen LogP contribution in [0.2, 0.25) is 0 Å². The molecule has 3 aromatic rings. The number of carbonyl (C=O) groups excluding carboxylic acids is 5. The lowest BCUT2D eigenvalue weighted by atomic mass is 9.93. The molecule has 0 unspecified atom stereocenters. The minimum Gasteiger partial charge on any atom is -0.467 e. The molecule has 1 saturated heterocycles. The molecule has 242 valence electrons. The maximum absolute atomic E-state index is 13.8. The van der Waals surface area contributed by atoms with Gasteiger partial charge < -0.3 is 25.6 Å². The molecule has 1 fully saturated rings. The van der Waals surface area contributed by atoms with Gasteiger partial charge in [0.15, 0.2) is 6.04 Å². The molecule has 3 N–H and O–H groups in total. The first-order valence-corrected chi connectivity index (χ1v) is 14.0. The smallest absolute Gasteiger partial charge is 0.467 e. The second-order valence-electron chi connectivity index (χ2n) is 10.4. The van der Waals surface area contributed by atoms with Gasteiger partial charge in [0.1, 0.15) is 11.9 Å². The van der Waals surface area contributed by atoms with Crippen molar-refractivity contribution in [1.82, 2.24) is 25.4 Å². The van der Waals surface area contributed by atoms with Crippen LogP contribution in [-0.2, 0) is 25.7 Å². The van der Waals surface area contributed by atoms with E-state index in [9.17, 15) is 37.1 Å². The van der Waals surface area contributed by atoms with E-state index >= 15 is 0 Å². The van der Waals surface area contributed by atoms with E-state index in [1.165, 1.54) is 6.07 Å². The van der Waals surface area contributed by atoms with Crippen molar-refractivity contribution in [2.75, 3.05) is 12.4 Å². The standard InChI is InChI=1S/C31H31F3N6O6/c1-18(21-10-6-4-7-11-21)36-29(44)39(17-20-14-15-35-23(16-20)38-28(43)31(32,33)34)24-25(27(42)46-3)40(26(24)41)30(45)37-19(2)22-12-8-5-9-13-22/h4-16,18-19,24-25H,17H2,1-3H3,(H,36,44)(H,37,45)(H,35,38,43)/t18-,19-,24-,25+/m1/s1. The van der Waals surface area contributed by atoms with Crippen molar-refractivity contribution in [3.05, 3.63) is 95.7 Å². The Bertz CT molecular complexity index is 1590. The Labute approximate surface area is 261 Å². The molecule has 0 saturated carbocycles. The number of carbonyl (C=O) groups is 5. The highest BCUT2D eigenvalue weighted by Gasteiger charge is 2.59. The lowest BCUT2D eigenvalue weighted by Crippen LogP contribution is -2.76. The average molecular weight is 641 g/mol. The summed E-state index contributed by atoms with van der Waals surface area (Å²) in [7, 11) is 1.06. The molecule has 4 atom stereocenters. The number of hydrogen-bond donors (Lipinski definition) is 3. The van der Waals surface area contributed by atoms with Gasteiger partial charge in [-0.3, -0.25) is 9.59 Å². The van der Waals surface area contributed by atoms with Crippen molar-refractivity contribution in [2.45, 2.75) is 50.7 Å². The number of methoxy groups -OCH3 is 1. The molecule has 12 nitrogen and oxygen atoms in total. The summed E-state index contributed by atoms with van der Waals surface area (Å²) < 4.78 is 43.4. The van der Waals surface area contributed by atoms with E-state index in [0.717, 1.165) is 35.4 Å². The SMILES string of the molecule is COC(=O)[C@@H]1[C@@H](N(Cc2ccnc(NC(=O)C(F)(F)F)c2)C(=O)N[C@H](C)c2ccccc2)C(=O)N1C(=O)N[C@H](C)c1ccccc1. The van der Waals surface area contributed by atoms with Gasteiger partial charge in [-0.25, -0.2) is 24.3 Å². The van der Waals surface area contributed by atoms with Crippen LogP contribution < -0.4 is 16.0 Å². The topological polar surface area (TPSA) is 150 Å². The van der Waals surface area contributed by atoms with Crippen molar-refractivity contribution in [3.8, 4) is 0 Å². The number of imide groups is 1. The number of pyridine rings is 1. The summed E-state index contributed by atoms with van der Waals surface area (Å²) in [5, 5.41) is 7.06. The van der Waals surface area contributed by atoms with Gasteiger partial charge in [0.2, 0.25) is 0 Å². The van der Waals surface area contributed by atoms with Gasteiger partial charge in [0, 0.05) is 12.7 Å². The number of rotatable bonds is 9. The summed E-state index contributed by atoms with van der Waals surface area (Å²) in [6.45, 7) is 2.95. The number of ether oxygens (including phenoxy) is 1. The second kappa shape index (κ2) is 14.1. The molecule has 0 aliphatic carbocycles. The Morgan fingerprint density at radius 2 is 1.50 bits per heavy atom. The minimum absolute atomic E-state index is 0.159. The van der Waals surface area contributed by atoms with E-state index in [-0.39, 0.29) is 5.56 Å². The van der Waals surface area contributed by atoms with E-state index in [1.807, 2.05) is 0 Å². The van der Waals surface area contributed by atoms with Crippen LogP contribution in [0.25, 0.3) is 0 Å². The Kier molecular flexibility index (Phi) is 10.2. The Morgan fingerprint density at radius 1 is 0.935 bits per heavy atom. The number of alkyl halides is 3. The number of benzene rings is 2. The van der Waals surface area contributed by atoms with Crippen LogP contribution in [0, 0.1) is 0 Å². The van der Waals surface area contributed by atoms with Crippen molar-refractivity contribution in [2.24, 2.45) is 0 Å². The number of β-lactam (4-membered cyclic amide) rings is 1. The van der Waals surface area contributed by atoms with Crippen molar-refractivity contribution < 1.29 is 41.9 Å². The number of urea groups is 2. The van der Waals surface area contributed by atoms with E-state index in [4.69, 9.17) is 4.74 Å². The molecular weight excluding hydrogens is 609 g/mol. The molecule has 1 aliphatic heterocycles. The zero-order valence-electron chi connectivity index (χ0n) is 24.9. The number of amides is 6. The predicted molar refractivity (Wildman–Crippen MR) is 158 cm³/mol. The quantitative estimate of drug-likeness (QED) is 0.236. The molecule has 15 heteroatoms. The monoisotopic (exact) mass is 640 g/mol. The van der Waals surface area contributed by atoms with Gasteiger partial charge in [-0.15, -0.1) is 0 Å². The third-order valence-electron chi connectivity index (χ3n) is 7.28. The molecule has 1 aliphatic rings. The Balaban J connectivity index is 1.64. The number of likely N-dealkylation sites (tertiary alicyclic amines) is 1. The zero-order valence-corrected chi connectivity index (χ0v) is 24.9. The van der Waals surface area contributed by atoms with Gasteiger partial charge in [-0.05, 0) is 42.7 Å². The highest BCUT2D eigenvalue weighted by Crippen LogP contribution is 2.30. The summed E-state index contributed by atoms with van der Waals surface area (Å²) >= 11 is 0. The number of nitrogens with one attached hydrogen (secondary N) is 3. The number of anilines is 1. The van der Waals surface area contributed by atoms with Crippen molar-refractivity contribution >= 4 is 35.7 Å². The first-order chi connectivity index (χ1) is 21.8. The highest BCUT2D eigenvalue weighted by molar-refractivity contribution is 6.11. The summed E-state index contributed by atoms with van der Waals surface area (Å²) in [4.78, 5) is 70.5. The van der Waals surface area contributed by atoms with Crippen molar-refractivity contribution in [3.63, 3.8) is 0 Å². The van der Waals surface area contributed by atoms with Gasteiger partial charge >= 0.3 is 30.1 Å². The van der Waals surface area contributed by atoms with Gasteiger partial charge in [0.25, 0.3) is 5.91 Å². The molecule has 6 amide bonds. The fraction of sp³-hybridized carbons (Fsp3) is 0.290. The third-order valence-corrected chi connectivity index (χ3v) is 7.28. The molecule has 0 bridgehead atoms. The van der Waals surface area contributed by atoms with E-state index in [0.29, 0.717) is 4.90 Å². The van der Waals surface area contributed by atoms with Crippen LogP contribution in [0.15, 0.2) is 79.0 Å². The summed E-state index contributed by atoms with van der Waals surface area (Å²) in [5.74, 6) is -4.59. The number of nitrogens with zero attached hydrogens (tertiary/aromatic N) is 3. The first-order valence-electron chi connectivity index (χ1n) is 14.0. The zero-order chi connectivity index (χ0) is 33.6. The van der Waals surface area contributed by atoms with Crippen LogP contribution in [0.4, 0.5) is 28.6 Å². The largest absolute Gasteiger partial charge is 0.471 e. The maximum atomic E-state index is 13.8. The predicted octanol–water partition coefficient (Wildman–Crippen LogP) is 4.08. The lowest BCUT2D eigenvalue weighted by Gasteiger charge is -2.48. The Hall–Kier alpha value is -5.47. The molecule has 46 heavy (non-hydrogen) atoms. The fourth-order valence-corrected chi connectivity index (χ4v) is 4.85. The molecule has 1 aromatic heterocycles. The van der Waals surface area contributed by atoms with E-state index < -0.39 is 72.6 Å². The molecular formula is C31H31F3N6O6. The maximum Gasteiger partial charge on any atom is 0.471 e. The summed E-state index contributed by atoms with van der Waals surface area (Å²) in [6, 6.07) is 14.2. The number of hydrogen-bond acceptors (Lipinski definition) is 7. The molecule has 2 aromatic carbocycles. The second-order valence-corrected chi connectivity index (χ2v) is 10.4. The van der Waals surface area contributed by atoms with Gasteiger partial charge in [0.05, 0.1) is 19.2 Å². The van der Waals surface area contributed by atoms with Gasteiger partial charge in [-0.1, -0.05) is 60.7 Å².